The number of ether oxygens (including phenoxy) is 1. The molecule has 0 N–H and O–H groups in total. The number of nitrogens with zero attached hydrogens (tertiary/aromatic N) is 1. The maximum absolute atomic E-state index is 13.7. The number of rotatable bonds is 3. The standard InChI is InChI=1S/C15H11ClFNO/c1-10-3-2-4-14(15(10)17)19-9-12-6-5-11(8-18)7-13(12)16/h2-7H,9H2,1H3. The van der Waals surface area contributed by atoms with Crippen molar-refractivity contribution in [2.24, 2.45) is 0 Å². The van der Waals surface area contributed by atoms with Crippen LogP contribution >= 0.6 is 11.6 Å². The third-order valence-corrected chi connectivity index (χ3v) is 3.07. The molecule has 0 saturated carbocycles. The van der Waals surface area contributed by atoms with E-state index < -0.39 is 0 Å². The van der Waals surface area contributed by atoms with E-state index in [1.165, 1.54) is 0 Å². The molecule has 0 heterocycles. The van der Waals surface area contributed by atoms with E-state index in [9.17, 15) is 4.39 Å². The van der Waals surface area contributed by atoms with Crippen molar-refractivity contribution in [2.75, 3.05) is 0 Å². The molecule has 0 aliphatic carbocycles. The maximum Gasteiger partial charge on any atom is 0.167 e. The molecule has 0 radical (unpaired) electrons. The van der Waals surface area contributed by atoms with E-state index in [1.807, 2.05) is 6.07 Å². The van der Waals surface area contributed by atoms with Crippen LogP contribution in [0, 0.1) is 24.1 Å². The summed E-state index contributed by atoms with van der Waals surface area (Å²) >= 11 is 6.02. The smallest absolute Gasteiger partial charge is 0.167 e. The molecule has 0 aromatic heterocycles. The quantitative estimate of drug-likeness (QED) is 0.839. The predicted octanol–water partition coefficient (Wildman–Crippen LogP) is 4.24. The lowest BCUT2D eigenvalue weighted by Crippen LogP contribution is -1.99. The summed E-state index contributed by atoms with van der Waals surface area (Å²) < 4.78 is 19.1. The summed E-state index contributed by atoms with van der Waals surface area (Å²) in [6.07, 6.45) is 0. The SMILES string of the molecule is Cc1cccc(OCc2ccc(C#N)cc2Cl)c1F. The fourth-order valence-corrected chi connectivity index (χ4v) is 1.86. The molecule has 0 amide bonds. The summed E-state index contributed by atoms with van der Waals surface area (Å²) in [7, 11) is 0. The monoisotopic (exact) mass is 275 g/mol. The van der Waals surface area contributed by atoms with Gasteiger partial charge in [-0.1, -0.05) is 29.8 Å². The molecule has 0 saturated heterocycles. The lowest BCUT2D eigenvalue weighted by Gasteiger charge is -2.09. The zero-order chi connectivity index (χ0) is 13.8. The Balaban J connectivity index is 2.15. The van der Waals surface area contributed by atoms with Gasteiger partial charge < -0.3 is 4.74 Å². The second-order valence-corrected chi connectivity index (χ2v) is 4.50. The van der Waals surface area contributed by atoms with Crippen LogP contribution in [0.3, 0.4) is 0 Å². The van der Waals surface area contributed by atoms with E-state index >= 15 is 0 Å². The van der Waals surface area contributed by atoms with Crippen molar-refractivity contribution in [3.63, 3.8) is 0 Å². The van der Waals surface area contributed by atoms with Crippen LogP contribution in [0.1, 0.15) is 16.7 Å². The summed E-state index contributed by atoms with van der Waals surface area (Å²) in [6.45, 7) is 1.84. The molecule has 0 fully saturated rings. The molecule has 2 aromatic rings. The van der Waals surface area contributed by atoms with Crippen molar-refractivity contribution in [1.82, 2.24) is 0 Å². The largest absolute Gasteiger partial charge is 0.486 e. The van der Waals surface area contributed by atoms with Crippen LogP contribution in [0.15, 0.2) is 36.4 Å². The Kier molecular flexibility index (Phi) is 4.03. The first kappa shape index (κ1) is 13.4. The van der Waals surface area contributed by atoms with Crippen molar-refractivity contribution < 1.29 is 9.13 Å². The highest BCUT2D eigenvalue weighted by atomic mass is 35.5. The number of hydrogen-bond donors (Lipinski definition) is 0. The summed E-state index contributed by atoms with van der Waals surface area (Å²) in [5.74, 6) is -0.173. The maximum atomic E-state index is 13.7. The Morgan fingerprint density at radius 2 is 2.11 bits per heavy atom. The zero-order valence-corrected chi connectivity index (χ0v) is 11.0. The highest BCUT2D eigenvalue weighted by Gasteiger charge is 2.08. The third-order valence-electron chi connectivity index (χ3n) is 2.72. The normalized spacial score (nSPS) is 10.0. The molecular weight excluding hydrogens is 265 g/mol. The van der Waals surface area contributed by atoms with Crippen molar-refractivity contribution in [2.45, 2.75) is 13.5 Å². The van der Waals surface area contributed by atoms with E-state index in [0.717, 1.165) is 0 Å². The average molecular weight is 276 g/mol. The Hall–Kier alpha value is -2.05. The van der Waals surface area contributed by atoms with E-state index in [0.29, 0.717) is 21.7 Å². The van der Waals surface area contributed by atoms with Crippen LogP contribution < -0.4 is 4.74 Å². The molecule has 0 aliphatic rings. The first-order valence-corrected chi connectivity index (χ1v) is 6.06. The number of nitriles is 1. The molecule has 96 valence electrons. The van der Waals surface area contributed by atoms with Gasteiger partial charge in [0.15, 0.2) is 11.6 Å². The molecule has 0 unspecified atom stereocenters. The van der Waals surface area contributed by atoms with E-state index in [-0.39, 0.29) is 18.2 Å². The Labute approximate surface area is 116 Å². The van der Waals surface area contributed by atoms with Crippen molar-refractivity contribution in [3.8, 4) is 11.8 Å². The van der Waals surface area contributed by atoms with Crippen LogP contribution in [-0.4, -0.2) is 0 Å². The van der Waals surface area contributed by atoms with Crippen molar-refractivity contribution in [1.29, 1.82) is 5.26 Å². The lowest BCUT2D eigenvalue weighted by molar-refractivity contribution is 0.289. The fourth-order valence-electron chi connectivity index (χ4n) is 1.62. The molecule has 19 heavy (non-hydrogen) atoms. The minimum absolute atomic E-state index is 0.158. The van der Waals surface area contributed by atoms with Gasteiger partial charge in [0.25, 0.3) is 0 Å². The number of benzene rings is 2. The van der Waals surface area contributed by atoms with Gasteiger partial charge in [0, 0.05) is 10.6 Å². The van der Waals surface area contributed by atoms with Crippen molar-refractivity contribution in [3.05, 3.63) is 63.9 Å². The van der Waals surface area contributed by atoms with Crippen LogP contribution in [-0.2, 0) is 6.61 Å². The lowest BCUT2D eigenvalue weighted by atomic mass is 10.1. The van der Waals surface area contributed by atoms with Gasteiger partial charge >= 0.3 is 0 Å². The summed E-state index contributed by atoms with van der Waals surface area (Å²) in [4.78, 5) is 0. The summed E-state index contributed by atoms with van der Waals surface area (Å²) in [6, 6.07) is 11.9. The molecule has 2 nitrogen and oxygen atoms in total. The van der Waals surface area contributed by atoms with Gasteiger partial charge in [-0.2, -0.15) is 5.26 Å². The number of halogens is 2. The highest BCUT2D eigenvalue weighted by molar-refractivity contribution is 6.31. The second-order valence-electron chi connectivity index (χ2n) is 4.09. The van der Waals surface area contributed by atoms with Crippen LogP contribution in [0.2, 0.25) is 5.02 Å². The van der Waals surface area contributed by atoms with Crippen LogP contribution in [0.5, 0.6) is 5.75 Å². The van der Waals surface area contributed by atoms with E-state index in [2.05, 4.69) is 0 Å². The minimum Gasteiger partial charge on any atom is -0.486 e. The van der Waals surface area contributed by atoms with Crippen LogP contribution in [0.4, 0.5) is 4.39 Å². The first-order chi connectivity index (χ1) is 9.11. The van der Waals surface area contributed by atoms with Gasteiger partial charge in [-0.15, -0.1) is 0 Å². The Morgan fingerprint density at radius 3 is 2.79 bits per heavy atom. The van der Waals surface area contributed by atoms with E-state index in [4.69, 9.17) is 21.6 Å². The molecule has 0 spiro atoms. The van der Waals surface area contributed by atoms with Crippen LogP contribution in [0.25, 0.3) is 0 Å². The summed E-state index contributed by atoms with van der Waals surface area (Å²) in [5, 5.41) is 9.18. The number of hydrogen-bond acceptors (Lipinski definition) is 2. The van der Waals surface area contributed by atoms with E-state index in [1.54, 1.807) is 43.3 Å². The van der Waals surface area contributed by atoms with Crippen molar-refractivity contribution >= 4 is 11.6 Å². The highest BCUT2D eigenvalue weighted by Crippen LogP contribution is 2.23. The van der Waals surface area contributed by atoms with Gasteiger partial charge in [0.1, 0.15) is 6.61 Å². The molecule has 0 bridgehead atoms. The number of aryl methyl sites for hydroxylation is 1. The average Bonchev–Trinajstić information content (AvgIpc) is 2.41. The molecule has 0 atom stereocenters. The van der Waals surface area contributed by atoms with Gasteiger partial charge in [-0.3, -0.25) is 0 Å². The minimum atomic E-state index is -0.368. The molecule has 0 aliphatic heterocycles. The predicted molar refractivity (Wildman–Crippen MR) is 71.6 cm³/mol. The molecular formula is C15H11ClFNO. The summed E-state index contributed by atoms with van der Waals surface area (Å²) in [5.41, 5.74) is 1.72. The molecule has 2 aromatic carbocycles. The Morgan fingerprint density at radius 1 is 1.32 bits per heavy atom. The van der Waals surface area contributed by atoms with Gasteiger partial charge in [0.2, 0.25) is 0 Å². The zero-order valence-electron chi connectivity index (χ0n) is 10.3. The third kappa shape index (κ3) is 3.04. The molecule has 2 rings (SSSR count). The topological polar surface area (TPSA) is 33.0 Å². The van der Waals surface area contributed by atoms with Gasteiger partial charge in [-0.05, 0) is 30.7 Å². The Bertz CT molecular complexity index is 649. The molecule has 4 heteroatoms. The second kappa shape index (κ2) is 5.73. The fraction of sp³-hybridized carbons (Fsp3) is 0.133. The van der Waals surface area contributed by atoms with Gasteiger partial charge in [0.05, 0.1) is 11.6 Å². The first-order valence-electron chi connectivity index (χ1n) is 5.68. The van der Waals surface area contributed by atoms with Gasteiger partial charge in [-0.25, -0.2) is 4.39 Å².